The van der Waals surface area contributed by atoms with Crippen molar-refractivity contribution in [3.63, 3.8) is 0 Å². The lowest BCUT2D eigenvalue weighted by molar-refractivity contribution is -0.111. The molecule has 4 nitrogen and oxygen atoms in total. The summed E-state index contributed by atoms with van der Waals surface area (Å²) >= 11 is 0. The number of pyridine rings is 1. The Morgan fingerprint density at radius 1 is 1.08 bits per heavy atom. The Morgan fingerprint density at radius 3 is 2.71 bits per heavy atom. The molecule has 0 bridgehead atoms. The van der Waals surface area contributed by atoms with Crippen molar-refractivity contribution >= 4 is 28.6 Å². The highest BCUT2D eigenvalue weighted by atomic mass is 16.1. The van der Waals surface area contributed by atoms with E-state index in [1.807, 2.05) is 56.3 Å². The van der Waals surface area contributed by atoms with E-state index in [4.69, 9.17) is 0 Å². The minimum atomic E-state index is -0.267. The second-order valence-corrected chi connectivity index (χ2v) is 5.78. The van der Waals surface area contributed by atoms with Crippen molar-refractivity contribution in [3.05, 3.63) is 81.7 Å². The van der Waals surface area contributed by atoms with Crippen molar-refractivity contribution in [3.8, 4) is 0 Å². The average molecular weight is 318 g/mol. The van der Waals surface area contributed by atoms with Gasteiger partial charge in [-0.2, -0.15) is 0 Å². The second kappa shape index (κ2) is 6.54. The summed E-state index contributed by atoms with van der Waals surface area (Å²) in [5.74, 6) is -0.267. The zero-order valence-corrected chi connectivity index (χ0v) is 13.6. The normalized spacial score (nSPS) is 11.1. The van der Waals surface area contributed by atoms with E-state index in [9.17, 15) is 9.59 Å². The van der Waals surface area contributed by atoms with Gasteiger partial charge >= 0.3 is 0 Å². The van der Waals surface area contributed by atoms with Crippen molar-refractivity contribution in [2.45, 2.75) is 13.8 Å². The number of fused-ring (bicyclic) bond motifs is 1. The minimum Gasteiger partial charge on any atom is -0.322 e. The van der Waals surface area contributed by atoms with E-state index in [2.05, 4.69) is 10.3 Å². The molecular formula is C20H18N2O2. The Labute approximate surface area is 139 Å². The molecule has 0 radical (unpaired) electrons. The van der Waals surface area contributed by atoms with Crippen molar-refractivity contribution < 1.29 is 4.79 Å². The fourth-order valence-electron chi connectivity index (χ4n) is 2.50. The molecule has 2 aromatic carbocycles. The third-order valence-electron chi connectivity index (χ3n) is 3.85. The van der Waals surface area contributed by atoms with E-state index in [-0.39, 0.29) is 11.5 Å². The maximum absolute atomic E-state index is 12.1. The average Bonchev–Trinajstić information content (AvgIpc) is 2.56. The first-order valence-corrected chi connectivity index (χ1v) is 7.71. The first-order chi connectivity index (χ1) is 11.5. The standard InChI is InChI=1S/C20H18N2O2/c1-13-7-8-14(2)18(11-13)21-19(23)10-9-16-12-15-5-3-4-6-17(15)22-20(16)24/h3-12H,1-2H3,(H,21,23)(H,22,24)/b10-9+. The van der Waals surface area contributed by atoms with Gasteiger partial charge in [0.25, 0.3) is 5.56 Å². The van der Waals surface area contributed by atoms with Crippen LogP contribution in [0.3, 0.4) is 0 Å². The number of carbonyl (C=O) groups is 1. The van der Waals surface area contributed by atoms with E-state index in [1.54, 1.807) is 6.07 Å². The van der Waals surface area contributed by atoms with Crippen molar-refractivity contribution in [1.29, 1.82) is 0 Å². The zero-order chi connectivity index (χ0) is 17.1. The van der Waals surface area contributed by atoms with Crippen LogP contribution in [0.4, 0.5) is 5.69 Å². The molecule has 3 rings (SSSR count). The van der Waals surface area contributed by atoms with Crippen molar-refractivity contribution in [2.24, 2.45) is 0 Å². The summed E-state index contributed by atoms with van der Waals surface area (Å²) in [6.45, 7) is 3.91. The number of para-hydroxylation sites is 1. The van der Waals surface area contributed by atoms with Gasteiger partial charge in [0, 0.05) is 22.8 Å². The van der Waals surface area contributed by atoms with Crippen LogP contribution >= 0.6 is 0 Å². The Bertz CT molecular complexity index is 1000. The molecule has 0 aliphatic heterocycles. The molecule has 0 spiro atoms. The number of aryl methyl sites for hydroxylation is 2. The third kappa shape index (κ3) is 3.43. The fraction of sp³-hybridized carbons (Fsp3) is 0.100. The van der Waals surface area contributed by atoms with E-state index >= 15 is 0 Å². The van der Waals surface area contributed by atoms with Crippen molar-refractivity contribution in [1.82, 2.24) is 4.98 Å². The molecule has 1 amide bonds. The molecule has 2 N–H and O–H groups in total. The maximum Gasteiger partial charge on any atom is 0.255 e. The van der Waals surface area contributed by atoms with Crippen LogP contribution in [-0.2, 0) is 4.79 Å². The lowest BCUT2D eigenvalue weighted by atomic mass is 10.1. The smallest absolute Gasteiger partial charge is 0.255 e. The minimum absolute atomic E-state index is 0.218. The van der Waals surface area contributed by atoms with Gasteiger partial charge in [0.05, 0.1) is 0 Å². The number of carbonyl (C=O) groups excluding carboxylic acids is 1. The van der Waals surface area contributed by atoms with E-state index in [1.165, 1.54) is 12.2 Å². The Balaban J connectivity index is 1.82. The van der Waals surface area contributed by atoms with Gasteiger partial charge < -0.3 is 10.3 Å². The molecule has 0 atom stereocenters. The first-order valence-electron chi connectivity index (χ1n) is 7.71. The molecule has 3 aromatic rings. The van der Waals surface area contributed by atoms with Crippen LogP contribution in [0, 0.1) is 13.8 Å². The Hall–Kier alpha value is -3.14. The van der Waals surface area contributed by atoms with E-state index in [0.717, 1.165) is 27.7 Å². The summed E-state index contributed by atoms with van der Waals surface area (Å²) in [7, 11) is 0. The fourth-order valence-corrected chi connectivity index (χ4v) is 2.50. The monoisotopic (exact) mass is 318 g/mol. The molecule has 1 heterocycles. The summed E-state index contributed by atoms with van der Waals surface area (Å²) in [6, 6.07) is 15.2. The van der Waals surface area contributed by atoms with Crippen LogP contribution in [-0.4, -0.2) is 10.9 Å². The zero-order valence-electron chi connectivity index (χ0n) is 13.6. The van der Waals surface area contributed by atoms with Gasteiger partial charge in [-0.05, 0) is 54.6 Å². The molecule has 120 valence electrons. The molecule has 0 saturated heterocycles. The number of hydrogen-bond donors (Lipinski definition) is 2. The summed E-state index contributed by atoms with van der Waals surface area (Å²) in [4.78, 5) is 27.0. The first kappa shape index (κ1) is 15.7. The molecule has 0 unspecified atom stereocenters. The Morgan fingerprint density at radius 2 is 1.88 bits per heavy atom. The molecule has 0 saturated carbocycles. The van der Waals surface area contributed by atoms with E-state index < -0.39 is 0 Å². The lowest BCUT2D eigenvalue weighted by Gasteiger charge is -2.07. The number of H-pyrrole nitrogens is 1. The maximum atomic E-state index is 12.1. The molecule has 0 aliphatic carbocycles. The van der Waals surface area contributed by atoms with Crippen LogP contribution in [0.1, 0.15) is 16.7 Å². The van der Waals surface area contributed by atoms with Crippen LogP contribution in [0.15, 0.2) is 59.4 Å². The quantitative estimate of drug-likeness (QED) is 0.722. The van der Waals surface area contributed by atoms with Gasteiger partial charge in [-0.1, -0.05) is 30.3 Å². The number of aromatic nitrogens is 1. The molecule has 0 fully saturated rings. The van der Waals surface area contributed by atoms with Gasteiger partial charge in [0.2, 0.25) is 5.91 Å². The van der Waals surface area contributed by atoms with Gasteiger partial charge in [-0.3, -0.25) is 9.59 Å². The summed E-state index contributed by atoms with van der Waals surface area (Å²) in [5, 5.41) is 3.76. The lowest BCUT2D eigenvalue weighted by Crippen LogP contribution is -2.11. The number of rotatable bonds is 3. The van der Waals surface area contributed by atoms with Gasteiger partial charge in [-0.25, -0.2) is 0 Å². The largest absolute Gasteiger partial charge is 0.322 e. The predicted molar refractivity (Wildman–Crippen MR) is 98.1 cm³/mol. The van der Waals surface area contributed by atoms with Crippen LogP contribution in [0.5, 0.6) is 0 Å². The molecule has 1 aromatic heterocycles. The number of hydrogen-bond acceptors (Lipinski definition) is 2. The predicted octanol–water partition coefficient (Wildman–Crippen LogP) is 3.80. The van der Waals surface area contributed by atoms with Crippen LogP contribution in [0.2, 0.25) is 0 Å². The van der Waals surface area contributed by atoms with Gasteiger partial charge in [0.1, 0.15) is 0 Å². The number of aromatic amines is 1. The van der Waals surface area contributed by atoms with Crippen LogP contribution < -0.4 is 10.9 Å². The number of benzene rings is 2. The highest BCUT2D eigenvalue weighted by Gasteiger charge is 2.03. The topological polar surface area (TPSA) is 62.0 Å². The Kier molecular flexibility index (Phi) is 4.29. The SMILES string of the molecule is Cc1ccc(C)c(NC(=O)/C=C/c2cc3ccccc3[nH]c2=O)c1. The van der Waals surface area contributed by atoms with Gasteiger partial charge in [0.15, 0.2) is 0 Å². The molecular weight excluding hydrogens is 300 g/mol. The molecule has 4 heteroatoms. The van der Waals surface area contributed by atoms with Gasteiger partial charge in [-0.15, -0.1) is 0 Å². The van der Waals surface area contributed by atoms with Crippen LogP contribution in [0.25, 0.3) is 17.0 Å². The third-order valence-corrected chi connectivity index (χ3v) is 3.85. The second-order valence-electron chi connectivity index (χ2n) is 5.78. The highest BCUT2D eigenvalue weighted by Crippen LogP contribution is 2.16. The number of anilines is 1. The molecule has 0 aliphatic rings. The number of amides is 1. The highest BCUT2D eigenvalue weighted by molar-refractivity contribution is 6.02. The van der Waals surface area contributed by atoms with Crippen molar-refractivity contribution in [2.75, 3.05) is 5.32 Å². The summed E-state index contributed by atoms with van der Waals surface area (Å²) in [6.07, 6.45) is 2.91. The summed E-state index contributed by atoms with van der Waals surface area (Å²) < 4.78 is 0. The van der Waals surface area contributed by atoms with E-state index in [0.29, 0.717) is 5.56 Å². The number of nitrogens with one attached hydrogen (secondary N) is 2. The molecule has 24 heavy (non-hydrogen) atoms. The summed E-state index contributed by atoms with van der Waals surface area (Å²) in [5.41, 5.74) is 3.85.